The van der Waals surface area contributed by atoms with E-state index in [0.717, 1.165) is 125 Å². The molecule has 2 aliphatic heterocycles. The highest BCUT2D eigenvalue weighted by molar-refractivity contribution is 6.00. The van der Waals surface area contributed by atoms with E-state index in [1.165, 1.54) is 82.7 Å². The second-order valence-corrected chi connectivity index (χ2v) is 30.5. The van der Waals surface area contributed by atoms with Crippen molar-refractivity contribution in [3.8, 4) is 0 Å². The van der Waals surface area contributed by atoms with Crippen LogP contribution in [-0.2, 0) is 57.5 Å². The molecule has 3 aliphatic carbocycles. The van der Waals surface area contributed by atoms with Gasteiger partial charge in [0.25, 0.3) is 0 Å². The van der Waals surface area contributed by atoms with Crippen LogP contribution in [0.3, 0.4) is 0 Å². The molecule has 6 N–H and O–H groups in total. The van der Waals surface area contributed by atoms with E-state index in [0.29, 0.717) is 13.1 Å². The molecule has 0 unspecified atom stereocenters. The Labute approximate surface area is 578 Å². The van der Waals surface area contributed by atoms with Crippen LogP contribution in [0.2, 0.25) is 0 Å². The first kappa shape index (κ1) is 81.3. The molecule has 0 aromatic heterocycles. The molecular weight excluding hydrogens is 1240 g/mol. The standard InChI is InChI=1S/C72H124N12O13/c1-43(2)37-55-64(89)75-54(70(95)82(15)57(40-51-31-23-18-24-32-51)63(88)73-46(7)67(92)84-35-27-20-28-36-84)42-59(86)78(11)47(8)62(87)77-61(49(10)85)72(97)79(12)48(9)68(93)80(13)56(38-44(3)4)66(91)76-60(45(5)6)71(96)83(16)58(41-52-33-25-19-26-34-52)65(90)74-53(69(94)81(55)14)39-50-29-21-17-22-30-50/h43-58,60-61,85H,17-42H2,1-16H3,(H,73,88)(H,74,90)(H,75,89)(H,76,91)(H,77,87)/t46-,47-,48-,49+,53-,54-,55-,56-,57-,58-,60-,61-/m0/s1. The maximum Gasteiger partial charge on any atom is 0.248 e. The number of aliphatic hydroxyl groups is 1. The van der Waals surface area contributed by atoms with Crippen LogP contribution in [0, 0.1) is 35.5 Å². The summed E-state index contributed by atoms with van der Waals surface area (Å²) >= 11 is 0. The highest BCUT2D eigenvalue weighted by Crippen LogP contribution is 2.33. The third-order valence-corrected chi connectivity index (χ3v) is 21.6. The second kappa shape index (κ2) is 38.3. The number of likely N-dealkylation sites (N-methyl/N-ethyl adjacent to an activating group) is 6. The van der Waals surface area contributed by atoms with Gasteiger partial charge in [-0.15, -0.1) is 0 Å². The second-order valence-electron chi connectivity index (χ2n) is 30.5. The highest BCUT2D eigenvalue weighted by atomic mass is 16.3. The fourth-order valence-electron chi connectivity index (χ4n) is 14.9. The average Bonchev–Trinajstić information content (AvgIpc) is 0.885. The Morgan fingerprint density at radius 1 is 0.495 bits per heavy atom. The van der Waals surface area contributed by atoms with Crippen LogP contribution in [0.15, 0.2) is 0 Å². The molecule has 12 atom stereocenters. The third-order valence-electron chi connectivity index (χ3n) is 21.6. The lowest BCUT2D eigenvalue weighted by atomic mass is 9.83. The number of nitrogens with one attached hydrogen (secondary N) is 5. The summed E-state index contributed by atoms with van der Waals surface area (Å²) in [6, 6.07) is -14.2. The number of aliphatic hydroxyl groups excluding tert-OH is 1. The first-order valence-corrected chi connectivity index (χ1v) is 36.7. The number of hydrogen-bond acceptors (Lipinski definition) is 13. The molecule has 550 valence electrons. The van der Waals surface area contributed by atoms with Crippen molar-refractivity contribution in [2.75, 3.05) is 55.4 Å². The SMILES string of the molecule is CC(C)C[C@H]1C(=O)N[C@H](C(=O)N(C)[C@@H](CC2CCCCC2)C(=O)N[C@@H](C)C(=O)N2CCCCC2)CC(=O)N(C)[C@@H](C)C(=O)N[C@@H]([C@@H](C)O)C(=O)N(C)[C@@H](C)C(=O)N(C)[C@@H](CC(C)C)C(=O)N[C@@H](C(C)C)C(=O)N(C)[C@@H](CC2CCCCC2)C(=O)N[C@@H](CC2CCCCC2)C(=O)N1C. The molecular formula is C72H124N12O13. The van der Waals surface area contributed by atoms with E-state index in [1.807, 2.05) is 27.7 Å². The van der Waals surface area contributed by atoms with E-state index in [1.54, 1.807) is 25.7 Å². The molecule has 0 aromatic rings. The molecule has 5 fully saturated rings. The summed E-state index contributed by atoms with van der Waals surface area (Å²) < 4.78 is 0. The van der Waals surface area contributed by atoms with Crippen LogP contribution in [0.25, 0.3) is 0 Å². The summed E-state index contributed by atoms with van der Waals surface area (Å²) in [6.07, 6.45) is 14.6. The van der Waals surface area contributed by atoms with Crippen molar-refractivity contribution in [2.24, 2.45) is 35.5 Å². The summed E-state index contributed by atoms with van der Waals surface area (Å²) in [4.78, 5) is 188. The van der Waals surface area contributed by atoms with Crippen molar-refractivity contribution in [1.82, 2.24) is 60.9 Å². The molecule has 12 amide bonds. The van der Waals surface area contributed by atoms with Gasteiger partial charge in [-0.25, -0.2) is 0 Å². The fraction of sp³-hybridized carbons (Fsp3) is 0.833. The quantitative estimate of drug-likeness (QED) is 0.113. The Balaban J connectivity index is 1.67. The lowest BCUT2D eigenvalue weighted by Gasteiger charge is -2.38. The van der Waals surface area contributed by atoms with E-state index in [2.05, 4.69) is 26.6 Å². The van der Waals surface area contributed by atoms with Crippen molar-refractivity contribution in [1.29, 1.82) is 0 Å². The number of carbonyl (C=O) groups is 12. The predicted octanol–water partition coefficient (Wildman–Crippen LogP) is 4.89. The largest absolute Gasteiger partial charge is 0.391 e. The Kier molecular flexibility index (Phi) is 32.1. The molecule has 0 bridgehead atoms. The van der Waals surface area contributed by atoms with Gasteiger partial charge >= 0.3 is 0 Å². The minimum Gasteiger partial charge on any atom is -0.391 e. The smallest absolute Gasteiger partial charge is 0.248 e. The molecule has 3 saturated carbocycles. The maximum absolute atomic E-state index is 15.7. The van der Waals surface area contributed by atoms with Gasteiger partial charge in [-0.3, -0.25) is 57.5 Å². The van der Waals surface area contributed by atoms with Gasteiger partial charge in [-0.2, -0.15) is 0 Å². The molecule has 2 heterocycles. The number of nitrogens with zero attached hydrogens (tertiary/aromatic N) is 7. The highest BCUT2D eigenvalue weighted by Gasteiger charge is 2.45. The maximum atomic E-state index is 15.7. The molecule has 2 saturated heterocycles. The first-order valence-electron chi connectivity index (χ1n) is 36.7. The van der Waals surface area contributed by atoms with Gasteiger partial charge in [0, 0.05) is 55.4 Å². The topological polar surface area (TPSA) is 308 Å². The zero-order valence-electron chi connectivity index (χ0n) is 61.8. The van der Waals surface area contributed by atoms with Gasteiger partial charge < -0.3 is 66.0 Å². The summed E-state index contributed by atoms with van der Waals surface area (Å²) in [5.41, 5.74) is 0. The third kappa shape index (κ3) is 22.8. The van der Waals surface area contributed by atoms with Crippen LogP contribution in [0.4, 0.5) is 0 Å². The average molecular weight is 1370 g/mol. The first-order chi connectivity index (χ1) is 45.7. The number of hydrogen-bond donors (Lipinski definition) is 6. The van der Waals surface area contributed by atoms with Crippen molar-refractivity contribution >= 4 is 70.9 Å². The van der Waals surface area contributed by atoms with Crippen LogP contribution in [0.1, 0.15) is 223 Å². The molecule has 5 aliphatic rings. The molecule has 0 radical (unpaired) electrons. The van der Waals surface area contributed by atoms with Crippen LogP contribution in [-0.4, -0.2) is 238 Å². The fourth-order valence-corrected chi connectivity index (χ4v) is 14.9. The van der Waals surface area contributed by atoms with Crippen LogP contribution in [0.5, 0.6) is 0 Å². The lowest BCUT2D eigenvalue weighted by molar-refractivity contribution is -0.151. The minimum atomic E-state index is -1.73. The molecule has 5 rings (SSSR count). The number of rotatable bonds is 17. The van der Waals surface area contributed by atoms with Crippen molar-refractivity contribution in [2.45, 2.75) is 296 Å². The zero-order valence-corrected chi connectivity index (χ0v) is 61.8. The zero-order chi connectivity index (χ0) is 72.3. The summed E-state index contributed by atoms with van der Waals surface area (Å²) in [6.45, 7) is 17.8. The normalized spacial score (nSPS) is 27.8. The van der Waals surface area contributed by atoms with Crippen molar-refractivity contribution < 1.29 is 62.6 Å². The monoisotopic (exact) mass is 1360 g/mol. The van der Waals surface area contributed by atoms with E-state index < -0.39 is 150 Å². The van der Waals surface area contributed by atoms with Gasteiger partial charge in [0.15, 0.2) is 0 Å². The van der Waals surface area contributed by atoms with E-state index in [4.69, 9.17) is 0 Å². The van der Waals surface area contributed by atoms with Crippen LogP contribution >= 0.6 is 0 Å². The number of amides is 12. The van der Waals surface area contributed by atoms with Crippen molar-refractivity contribution in [3.05, 3.63) is 0 Å². The summed E-state index contributed by atoms with van der Waals surface area (Å²) in [5.74, 6) is -9.04. The van der Waals surface area contributed by atoms with Crippen molar-refractivity contribution in [3.63, 3.8) is 0 Å². The summed E-state index contributed by atoms with van der Waals surface area (Å²) in [5, 5.41) is 25.6. The number of piperidine rings is 1. The molecule has 97 heavy (non-hydrogen) atoms. The lowest BCUT2D eigenvalue weighted by Crippen LogP contribution is -2.62. The molecule has 0 spiro atoms. The Bertz CT molecular complexity index is 2690. The minimum absolute atomic E-state index is 0.0136. The Morgan fingerprint density at radius 3 is 1.44 bits per heavy atom. The van der Waals surface area contributed by atoms with Gasteiger partial charge in [-0.1, -0.05) is 138 Å². The van der Waals surface area contributed by atoms with Gasteiger partial charge in [0.2, 0.25) is 70.9 Å². The molecule has 0 aromatic carbocycles. The number of likely N-dealkylation sites (tertiary alicyclic amines) is 1. The van der Waals surface area contributed by atoms with E-state index >= 15 is 24.0 Å². The summed E-state index contributed by atoms with van der Waals surface area (Å²) in [7, 11) is 8.47. The van der Waals surface area contributed by atoms with E-state index in [9.17, 15) is 38.7 Å². The molecule has 25 heteroatoms. The molecule has 25 nitrogen and oxygen atoms in total. The Hall–Kier alpha value is -6.40. The van der Waals surface area contributed by atoms with Crippen LogP contribution < -0.4 is 26.6 Å². The Morgan fingerprint density at radius 2 is 0.938 bits per heavy atom. The van der Waals surface area contributed by atoms with E-state index in [-0.39, 0.29) is 67.6 Å². The number of carbonyl (C=O) groups excluding carboxylic acids is 12. The van der Waals surface area contributed by atoms with Gasteiger partial charge in [0.05, 0.1) is 12.5 Å². The predicted molar refractivity (Wildman–Crippen MR) is 370 cm³/mol. The van der Waals surface area contributed by atoms with Gasteiger partial charge in [-0.05, 0) is 115 Å². The van der Waals surface area contributed by atoms with Gasteiger partial charge in [0.1, 0.15) is 66.5 Å².